The molecular formula is C77H150O17P2. The molecule has 2 unspecified atom stereocenters. The lowest BCUT2D eigenvalue weighted by Crippen LogP contribution is -2.30. The molecule has 0 aromatic carbocycles. The minimum absolute atomic E-state index is 0.108. The second kappa shape index (κ2) is 68.8. The normalized spacial score (nSPS) is 14.0. The van der Waals surface area contributed by atoms with Gasteiger partial charge in [0.25, 0.3) is 0 Å². The lowest BCUT2D eigenvalue weighted by Gasteiger charge is -2.21. The van der Waals surface area contributed by atoms with Gasteiger partial charge in [0.15, 0.2) is 12.2 Å². The molecule has 19 heteroatoms. The molecule has 0 aliphatic rings. The third-order valence-electron chi connectivity index (χ3n) is 18.0. The molecule has 0 heterocycles. The molecule has 3 N–H and O–H groups in total. The maximum atomic E-state index is 13.1. The van der Waals surface area contributed by atoms with Crippen molar-refractivity contribution in [3.8, 4) is 0 Å². The average Bonchev–Trinajstić information content (AvgIpc) is 2.19. The van der Waals surface area contributed by atoms with E-state index in [2.05, 4.69) is 41.5 Å². The molecule has 0 rings (SSSR count). The van der Waals surface area contributed by atoms with E-state index in [4.69, 9.17) is 37.0 Å². The smallest absolute Gasteiger partial charge is 0.462 e. The Morgan fingerprint density at radius 2 is 0.479 bits per heavy atom. The molecule has 0 amide bonds. The first-order chi connectivity index (χ1) is 46.4. The first kappa shape index (κ1) is 94.1. The largest absolute Gasteiger partial charge is 0.472 e. The minimum atomic E-state index is -4.96. The van der Waals surface area contributed by atoms with Gasteiger partial charge in [-0.2, -0.15) is 0 Å². The van der Waals surface area contributed by atoms with Crippen molar-refractivity contribution in [1.29, 1.82) is 0 Å². The van der Waals surface area contributed by atoms with Crippen molar-refractivity contribution in [3.05, 3.63) is 0 Å². The molecule has 0 radical (unpaired) electrons. The highest BCUT2D eigenvalue weighted by atomic mass is 31.2. The van der Waals surface area contributed by atoms with Gasteiger partial charge in [-0.3, -0.25) is 37.3 Å². The van der Waals surface area contributed by atoms with Crippen molar-refractivity contribution in [1.82, 2.24) is 0 Å². The highest BCUT2D eigenvalue weighted by molar-refractivity contribution is 7.47. The SMILES string of the molecule is CCCCCCCCCCCCCCCCC(=O)O[C@H](COC(=O)CCCCCCCCC)COP(=O)(O)OC[C@H](O)COP(=O)(O)OC[C@@H](COC(=O)CCCCCCCCCCCCCCCCC(C)C)OC(=O)CCCCCCCCCCCCCCCCCC(C)C. The molecule has 0 saturated carbocycles. The van der Waals surface area contributed by atoms with Gasteiger partial charge in [-0.05, 0) is 37.5 Å². The number of aliphatic hydroxyl groups excluding tert-OH is 1. The molecule has 0 aliphatic heterocycles. The van der Waals surface area contributed by atoms with Gasteiger partial charge in [0, 0.05) is 25.7 Å². The fourth-order valence-electron chi connectivity index (χ4n) is 11.8. The van der Waals surface area contributed by atoms with Gasteiger partial charge in [-0.15, -0.1) is 0 Å². The Kier molecular flexibility index (Phi) is 67.4. The van der Waals surface area contributed by atoms with Crippen molar-refractivity contribution < 1.29 is 80.2 Å². The van der Waals surface area contributed by atoms with Crippen LogP contribution in [0.3, 0.4) is 0 Å². The van der Waals surface area contributed by atoms with Crippen LogP contribution in [0, 0.1) is 11.8 Å². The summed E-state index contributed by atoms with van der Waals surface area (Å²) in [7, 11) is -9.91. The van der Waals surface area contributed by atoms with E-state index in [1.165, 1.54) is 205 Å². The molecular weight excluding hydrogens is 1260 g/mol. The lowest BCUT2D eigenvalue weighted by molar-refractivity contribution is -0.161. The molecule has 0 aromatic rings. The molecule has 17 nitrogen and oxygen atoms in total. The fraction of sp³-hybridized carbons (Fsp3) is 0.948. The highest BCUT2D eigenvalue weighted by Gasteiger charge is 2.30. The van der Waals surface area contributed by atoms with Crippen LogP contribution in [0.4, 0.5) is 0 Å². The zero-order chi connectivity index (χ0) is 70.7. The molecule has 96 heavy (non-hydrogen) atoms. The van der Waals surface area contributed by atoms with Gasteiger partial charge < -0.3 is 33.8 Å². The van der Waals surface area contributed by atoms with E-state index in [9.17, 15) is 43.2 Å². The number of hydrogen-bond donors (Lipinski definition) is 3. The number of ether oxygens (including phenoxy) is 4. The van der Waals surface area contributed by atoms with E-state index in [-0.39, 0.29) is 25.7 Å². The summed E-state index contributed by atoms with van der Waals surface area (Å²) in [6.07, 6.45) is 56.9. The molecule has 0 aliphatic carbocycles. The maximum absolute atomic E-state index is 13.1. The Morgan fingerprint density at radius 1 is 0.281 bits per heavy atom. The van der Waals surface area contributed by atoms with Crippen LogP contribution in [0.1, 0.15) is 401 Å². The van der Waals surface area contributed by atoms with Crippen molar-refractivity contribution in [2.24, 2.45) is 11.8 Å². The first-order valence-corrected chi connectivity index (χ1v) is 43.0. The number of unbranched alkanes of at least 4 members (excludes halogenated alkanes) is 46. The van der Waals surface area contributed by atoms with Crippen LogP contribution in [0.5, 0.6) is 0 Å². The number of esters is 4. The van der Waals surface area contributed by atoms with Crippen molar-refractivity contribution in [2.45, 2.75) is 419 Å². The van der Waals surface area contributed by atoms with Crippen LogP contribution in [0.2, 0.25) is 0 Å². The lowest BCUT2D eigenvalue weighted by atomic mass is 10.0. The molecule has 0 fully saturated rings. The van der Waals surface area contributed by atoms with E-state index in [0.717, 1.165) is 115 Å². The van der Waals surface area contributed by atoms with Crippen LogP contribution in [0.15, 0.2) is 0 Å². The Hall–Kier alpha value is -1.94. The number of rotatable bonds is 76. The summed E-state index contributed by atoms with van der Waals surface area (Å²) >= 11 is 0. The molecule has 0 saturated heterocycles. The predicted molar refractivity (Wildman–Crippen MR) is 391 cm³/mol. The van der Waals surface area contributed by atoms with Crippen molar-refractivity contribution in [3.63, 3.8) is 0 Å². The van der Waals surface area contributed by atoms with Crippen LogP contribution < -0.4 is 0 Å². The second-order valence-corrected chi connectivity index (χ2v) is 31.6. The van der Waals surface area contributed by atoms with Crippen LogP contribution in [-0.4, -0.2) is 96.7 Å². The van der Waals surface area contributed by atoms with Gasteiger partial charge in [0.1, 0.15) is 19.3 Å². The Bertz CT molecular complexity index is 1860. The van der Waals surface area contributed by atoms with E-state index < -0.39 is 97.5 Å². The summed E-state index contributed by atoms with van der Waals surface area (Å²) in [5.41, 5.74) is 0. The van der Waals surface area contributed by atoms with Crippen molar-refractivity contribution >= 4 is 39.5 Å². The predicted octanol–water partition coefficient (Wildman–Crippen LogP) is 22.7. The molecule has 5 atom stereocenters. The summed E-state index contributed by atoms with van der Waals surface area (Å²) in [5.74, 6) is -0.515. The van der Waals surface area contributed by atoms with E-state index in [0.29, 0.717) is 25.7 Å². The minimum Gasteiger partial charge on any atom is -0.462 e. The number of carbonyl (C=O) groups is 4. The Labute approximate surface area is 588 Å². The standard InChI is InChI=1S/C77H150O17P2/c1-7-9-11-13-15-16-17-18-26-32-37-43-49-55-61-76(81)93-72(65-87-74(79)59-53-47-39-14-12-10-8-2)67-91-95(83,84)89-63-71(78)64-90-96(85,86)92-68-73(66-88-75(80)60-54-48-42-36-31-27-23-22-25-30-35-41-46-52-58-70(5)6)94-77(82)62-56-50-44-38-33-28-21-19-20-24-29-34-40-45-51-57-69(3)4/h69-73,78H,7-68H2,1-6H3,(H,83,84)(H,85,86)/t71-,72+,73+/m0/s1. The van der Waals surface area contributed by atoms with E-state index >= 15 is 0 Å². The number of hydrogen-bond acceptors (Lipinski definition) is 15. The molecule has 0 spiro atoms. The Morgan fingerprint density at radius 3 is 0.708 bits per heavy atom. The van der Waals surface area contributed by atoms with Gasteiger partial charge in [-0.25, -0.2) is 9.13 Å². The van der Waals surface area contributed by atoms with Crippen molar-refractivity contribution in [2.75, 3.05) is 39.6 Å². The molecule has 0 aromatic heterocycles. The van der Waals surface area contributed by atoms with Gasteiger partial charge in [-0.1, -0.05) is 350 Å². The van der Waals surface area contributed by atoms with E-state index in [1.807, 2.05) is 0 Å². The summed E-state index contributed by atoms with van der Waals surface area (Å²) in [5, 5.41) is 10.6. The third kappa shape index (κ3) is 70.5. The van der Waals surface area contributed by atoms with Gasteiger partial charge in [0.05, 0.1) is 26.4 Å². The number of phosphoric ester groups is 2. The van der Waals surface area contributed by atoms with E-state index in [1.54, 1.807) is 0 Å². The van der Waals surface area contributed by atoms with Crippen LogP contribution in [-0.2, 0) is 65.4 Å². The van der Waals surface area contributed by atoms with Crippen LogP contribution in [0.25, 0.3) is 0 Å². The third-order valence-corrected chi connectivity index (χ3v) is 19.9. The number of phosphoric acid groups is 2. The summed E-state index contributed by atoms with van der Waals surface area (Å²) in [6, 6.07) is 0. The summed E-state index contributed by atoms with van der Waals surface area (Å²) < 4.78 is 68.5. The first-order valence-electron chi connectivity index (χ1n) is 40.0. The Balaban J connectivity index is 5.19. The maximum Gasteiger partial charge on any atom is 0.472 e. The van der Waals surface area contributed by atoms with Gasteiger partial charge in [0.2, 0.25) is 0 Å². The monoisotopic (exact) mass is 1410 g/mol. The topological polar surface area (TPSA) is 237 Å². The zero-order valence-electron chi connectivity index (χ0n) is 62.7. The average molecular weight is 1410 g/mol. The fourth-order valence-corrected chi connectivity index (χ4v) is 13.4. The summed E-state index contributed by atoms with van der Waals surface area (Å²) in [6.45, 7) is 9.62. The molecule has 570 valence electrons. The van der Waals surface area contributed by atoms with Gasteiger partial charge >= 0.3 is 39.5 Å². The second-order valence-electron chi connectivity index (χ2n) is 28.7. The number of aliphatic hydroxyl groups is 1. The highest BCUT2D eigenvalue weighted by Crippen LogP contribution is 2.45. The zero-order valence-corrected chi connectivity index (χ0v) is 64.5. The number of carbonyl (C=O) groups excluding carboxylic acids is 4. The summed E-state index contributed by atoms with van der Waals surface area (Å²) in [4.78, 5) is 72.7. The quantitative estimate of drug-likeness (QED) is 0.0222. The van der Waals surface area contributed by atoms with Crippen LogP contribution >= 0.6 is 15.6 Å². The molecule has 0 bridgehead atoms.